The average Bonchev–Trinajstić information content (AvgIpc) is 2.54. The zero-order valence-corrected chi connectivity index (χ0v) is 14.4. The van der Waals surface area contributed by atoms with E-state index in [1.54, 1.807) is 6.07 Å². The van der Waals surface area contributed by atoms with Crippen molar-refractivity contribution in [3.63, 3.8) is 0 Å². The summed E-state index contributed by atoms with van der Waals surface area (Å²) in [6, 6.07) is 4.68. The highest BCUT2D eigenvalue weighted by Gasteiger charge is 2.25. The second-order valence-electron chi connectivity index (χ2n) is 6.16. The molecule has 1 aliphatic rings. The second kappa shape index (κ2) is 6.98. The van der Waals surface area contributed by atoms with Crippen molar-refractivity contribution >= 4 is 26.7 Å². The molecule has 6 nitrogen and oxygen atoms in total. The predicted molar refractivity (Wildman–Crippen MR) is 91.9 cm³/mol. The van der Waals surface area contributed by atoms with E-state index in [1.807, 2.05) is 0 Å². The summed E-state index contributed by atoms with van der Waals surface area (Å²) in [4.78, 5) is 10.8. The number of sulfonamides is 1. The molecule has 0 aliphatic carbocycles. The Morgan fingerprint density at radius 2 is 2.17 bits per heavy atom. The number of hydrogen-bond acceptors (Lipinski definition) is 5. The van der Waals surface area contributed by atoms with Gasteiger partial charge in [-0.1, -0.05) is 0 Å². The first-order valence-electron chi connectivity index (χ1n) is 8.05. The topological polar surface area (TPSA) is 75.2 Å². The largest absolute Gasteiger partial charge is 0.353 e. The van der Waals surface area contributed by atoms with Gasteiger partial charge in [0.25, 0.3) is 0 Å². The number of anilines is 1. The zero-order chi connectivity index (χ0) is 17.2. The highest BCUT2D eigenvalue weighted by Crippen LogP contribution is 2.30. The molecule has 1 aromatic heterocycles. The average molecular weight is 352 g/mol. The van der Waals surface area contributed by atoms with Crippen LogP contribution in [0.5, 0.6) is 0 Å². The van der Waals surface area contributed by atoms with Gasteiger partial charge in [-0.3, -0.25) is 0 Å². The molecule has 2 aromatic rings. The standard InChI is InChI=1S/C16H21FN4O2S/c1-24(22,23)20-8-7-13-4-2-3-9-21(13)16-14-10-12(17)5-6-15(14)18-11-19-16/h5-6,10-11,13,20H,2-4,7-9H2,1H3. The van der Waals surface area contributed by atoms with Crippen LogP contribution >= 0.6 is 0 Å². The molecule has 0 amide bonds. The SMILES string of the molecule is CS(=O)(=O)NCCC1CCCCN1c1ncnc2ccc(F)cc12. The molecule has 0 saturated carbocycles. The molecule has 1 N–H and O–H groups in total. The van der Waals surface area contributed by atoms with Gasteiger partial charge >= 0.3 is 0 Å². The van der Waals surface area contributed by atoms with E-state index in [1.165, 1.54) is 18.5 Å². The number of fused-ring (bicyclic) bond motifs is 1. The number of nitrogens with zero attached hydrogens (tertiary/aromatic N) is 3. The van der Waals surface area contributed by atoms with Crippen LogP contribution in [-0.2, 0) is 10.0 Å². The van der Waals surface area contributed by atoms with E-state index in [2.05, 4.69) is 19.6 Å². The number of benzene rings is 1. The molecule has 0 spiro atoms. The van der Waals surface area contributed by atoms with Crippen LogP contribution in [-0.4, -0.2) is 43.8 Å². The number of hydrogen-bond donors (Lipinski definition) is 1. The number of rotatable bonds is 5. The Hall–Kier alpha value is -1.80. The van der Waals surface area contributed by atoms with Crippen LogP contribution in [0.2, 0.25) is 0 Å². The van der Waals surface area contributed by atoms with Gasteiger partial charge in [0.2, 0.25) is 10.0 Å². The fraction of sp³-hybridized carbons (Fsp3) is 0.500. The van der Waals surface area contributed by atoms with Gasteiger partial charge in [-0.15, -0.1) is 0 Å². The molecule has 2 heterocycles. The molecular weight excluding hydrogens is 331 g/mol. The van der Waals surface area contributed by atoms with E-state index in [0.29, 0.717) is 23.9 Å². The molecule has 1 atom stereocenters. The third-order valence-corrected chi connectivity index (χ3v) is 5.05. The Bertz CT molecular complexity index is 828. The molecule has 3 rings (SSSR count). The molecule has 1 unspecified atom stereocenters. The summed E-state index contributed by atoms with van der Waals surface area (Å²) >= 11 is 0. The Kier molecular flexibility index (Phi) is 4.96. The van der Waals surface area contributed by atoms with Crippen molar-refractivity contribution in [2.75, 3.05) is 24.2 Å². The van der Waals surface area contributed by atoms with Crippen molar-refractivity contribution in [2.24, 2.45) is 0 Å². The Morgan fingerprint density at radius 3 is 2.96 bits per heavy atom. The maximum atomic E-state index is 13.7. The van der Waals surface area contributed by atoms with E-state index in [0.717, 1.165) is 37.9 Å². The first kappa shape index (κ1) is 17.0. The number of halogens is 1. The Balaban J connectivity index is 1.86. The van der Waals surface area contributed by atoms with Crippen LogP contribution in [0.4, 0.5) is 10.2 Å². The Morgan fingerprint density at radius 1 is 1.33 bits per heavy atom. The molecule has 8 heteroatoms. The first-order chi connectivity index (χ1) is 11.4. The number of piperidine rings is 1. The van der Waals surface area contributed by atoms with E-state index in [-0.39, 0.29) is 11.9 Å². The third kappa shape index (κ3) is 3.99. The zero-order valence-electron chi connectivity index (χ0n) is 13.6. The molecule has 1 aromatic carbocycles. The molecule has 24 heavy (non-hydrogen) atoms. The van der Waals surface area contributed by atoms with Crippen molar-refractivity contribution in [1.82, 2.24) is 14.7 Å². The minimum Gasteiger partial charge on any atom is -0.353 e. The van der Waals surface area contributed by atoms with Crippen LogP contribution in [0, 0.1) is 5.82 Å². The van der Waals surface area contributed by atoms with E-state index < -0.39 is 10.0 Å². The van der Waals surface area contributed by atoms with Gasteiger partial charge in [-0.25, -0.2) is 27.5 Å². The highest BCUT2D eigenvalue weighted by molar-refractivity contribution is 7.88. The summed E-state index contributed by atoms with van der Waals surface area (Å²) in [7, 11) is -3.19. The van der Waals surface area contributed by atoms with Crippen LogP contribution in [0.15, 0.2) is 24.5 Å². The summed E-state index contributed by atoms with van der Waals surface area (Å²) in [5, 5.41) is 0.695. The van der Waals surface area contributed by atoms with Gasteiger partial charge in [0.15, 0.2) is 0 Å². The van der Waals surface area contributed by atoms with Crippen LogP contribution < -0.4 is 9.62 Å². The molecule has 1 aliphatic heterocycles. The third-order valence-electron chi connectivity index (χ3n) is 4.32. The predicted octanol–water partition coefficient (Wildman–Crippen LogP) is 2.07. The molecule has 1 fully saturated rings. The van der Waals surface area contributed by atoms with Crippen molar-refractivity contribution in [1.29, 1.82) is 0 Å². The van der Waals surface area contributed by atoms with Gasteiger partial charge in [0, 0.05) is 24.5 Å². The smallest absolute Gasteiger partial charge is 0.208 e. The lowest BCUT2D eigenvalue weighted by Gasteiger charge is -2.37. The fourth-order valence-corrected chi connectivity index (χ4v) is 3.72. The van der Waals surface area contributed by atoms with Crippen LogP contribution in [0.3, 0.4) is 0 Å². The molecule has 0 radical (unpaired) electrons. The molecule has 1 saturated heterocycles. The molecule has 130 valence electrons. The monoisotopic (exact) mass is 352 g/mol. The van der Waals surface area contributed by atoms with Gasteiger partial charge in [0.1, 0.15) is 18.0 Å². The van der Waals surface area contributed by atoms with Crippen molar-refractivity contribution in [2.45, 2.75) is 31.7 Å². The number of aromatic nitrogens is 2. The fourth-order valence-electron chi connectivity index (χ4n) is 3.23. The summed E-state index contributed by atoms with van der Waals surface area (Å²) in [5.41, 5.74) is 0.708. The van der Waals surface area contributed by atoms with E-state index in [9.17, 15) is 12.8 Å². The quantitative estimate of drug-likeness (QED) is 0.892. The first-order valence-corrected chi connectivity index (χ1v) is 9.95. The lowest BCUT2D eigenvalue weighted by molar-refractivity contribution is 0.435. The van der Waals surface area contributed by atoms with Gasteiger partial charge < -0.3 is 4.90 Å². The molecular formula is C16H21FN4O2S. The lowest BCUT2D eigenvalue weighted by Crippen LogP contribution is -2.42. The summed E-state index contributed by atoms with van der Waals surface area (Å²) in [5.74, 6) is 0.411. The Labute approximate surface area is 141 Å². The molecule has 0 bridgehead atoms. The summed E-state index contributed by atoms with van der Waals surface area (Å²) in [6.07, 6.45) is 6.44. The summed E-state index contributed by atoms with van der Waals surface area (Å²) in [6.45, 7) is 1.21. The maximum Gasteiger partial charge on any atom is 0.208 e. The minimum absolute atomic E-state index is 0.175. The number of nitrogens with one attached hydrogen (secondary N) is 1. The highest BCUT2D eigenvalue weighted by atomic mass is 32.2. The normalized spacial score (nSPS) is 18.9. The van der Waals surface area contributed by atoms with Gasteiger partial charge in [0.05, 0.1) is 11.8 Å². The van der Waals surface area contributed by atoms with Gasteiger partial charge in [-0.05, 0) is 43.9 Å². The maximum absolute atomic E-state index is 13.7. The van der Waals surface area contributed by atoms with E-state index >= 15 is 0 Å². The van der Waals surface area contributed by atoms with Gasteiger partial charge in [-0.2, -0.15) is 0 Å². The van der Waals surface area contributed by atoms with Crippen molar-refractivity contribution < 1.29 is 12.8 Å². The summed E-state index contributed by atoms with van der Waals surface area (Å²) < 4.78 is 38.7. The van der Waals surface area contributed by atoms with Crippen LogP contribution in [0.25, 0.3) is 10.9 Å². The minimum atomic E-state index is -3.19. The van der Waals surface area contributed by atoms with Crippen molar-refractivity contribution in [3.05, 3.63) is 30.3 Å². The van der Waals surface area contributed by atoms with Crippen molar-refractivity contribution in [3.8, 4) is 0 Å². The van der Waals surface area contributed by atoms with Crippen LogP contribution in [0.1, 0.15) is 25.7 Å². The second-order valence-corrected chi connectivity index (χ2v) is 7.99. The van der Waals surface area contributed by atoms with E-state index in [4.69, 9.17) is 0 Å². The lowest BCUT2D eigenvalue weighted by atomic mass is 9.99.